The van der Waals surface area contributed by atoms with Crippen LogP contribution in [0, 0.1) is 3.57 Å². The second kappa shape index (κ2) is 8.31. The summed E-state index contributed by atoms with van der Waals surface area (Å²) in [6.07, 6.45) is 0.805. The lowest BCUT2D eigenvalue weighted by Crippen LogP contribution is -2.46. The van der Waals surface area contributed by atoms with E-state index in [1.54, 1.807) is 13.2 Å². The van der Waals surface area contributed by atoms with E-state index in [0.717, 1.165) is 34.9 Å². The van der Waals surface area contributed by atoms with E-state index >= 15 is 0 Å². The average Bonchev–Trinajstić information content (AvgIpc) is 2.68. The Morgan fingerprint density at radius 3 is 2.36 bits per heavy atom. The zero-order valence-corrected chi connectivity index (χ0v) is 18.7. The molecule has 1 aliphatic heterocycles. The first-order chi connectivity index (χ1) is 13.5. The van der Waals surface area contributed by atoms with Gasteiger partial charge in [-0.25, -0.2) is 4.99 Å². The van der Waals surface area contributed by atoms with Crippen LogP contribution in [-0.2, 0) is 0 Å². The van der Waals surface area contributed by atoms with Crippen LogP contribution in [0.4, 0.5) is 11.4 Å². The van der Waals surface area contributed by atoms with Gasteiger partial charge in [0.1, 0.15) is 11.6 Å². The molecule has 1 unspecified atom stereocenters. The molecule has 4 rings (SSSR count). The molecular weight excluding hydrogens is 506 g/mol. The molecule has 6 heteroatoms. The van der Waals surface area contributed by atoms with E-state index in [4.69, 9.17) is 32.9 Å². The highest BCUT2D eigenvalue weighted by Crippen LogP contribution is 2.43. The number of amidine groups is 1. The number of hydrogen-bond donors (Lipinski definition) is 0. The van der Waals surface area contributed by atoms with Crippen LogP contribution in [0.25, 0.3) is 0 Å². The Bertz CT molecular complexity index is 1020. The summed E-state index contributed by atoms with van der Waals surface area (Å²) in [5.74, 6) is 1.82. The first-order valence-corrected chi connectivity index (χ1v) is 10.6. The first kappa shape index (κ1) is 19.6. The van der Waals surface area contributed by atoms with Gasteiger partial charge in [-0.3, -0.25) is 0 Å². The van der Waals surface area contributed by atoms with Gasteiger partial charge in [0.05, 0.1) is 18.8 Å². The number of aliphatic imine (C=N–C) groups is 1. The van der Waals surface area contributed by atoms with Crippen LogP contribution in [-0.4, -0.2) is 12.9 Å². The molecular formula is C22H17Cl2IN2O. The van der Waals surface area contributed by atoms with Crippen molar-refractivity contribution in [2.24, 2.45) is 4.99 Å². The van der Waals surface area contributed by atoms with Crippen molar-refractivity contribution in [1.82, 2.24) is 0 Å². The first-order valence-electron chi connectivity index (χ1n) is 8.76. The van der Waals surface area contributed by atoms with Gasteiger partial charge in [-0.15, -0.1) is 0 Å². The molecule has 28 heavy (non-hydrogen) atoms. The molecule has 0 spiro atoms. The standard InChI is InChI=1S/C22H17Cl2IN2O/c1-28-18-9-7-17(8-10-18)27-21(19-11-2-14(23)12-20(19)24)13-22(27)26-16-5-3-15(25)4-6-16/h2-12,21H,13H2,1H3. The topological polar surface area (TPSA) is 24.8 Å². The van der Waals surface area contributed by atoms with Gasteiger partial charge >= 0.3 is 0 Å². The van der Waals surface area contributed by atoms with E-state index in [1.165, 1.54) is 3.57 Å². The Morgan fingerprint density at radius 2 is 1.71 bits per heavy atom. The van der Waals surface area contributed by atoms with E-state index in [1.807, 2.05) is 48.5 Å². The molecule has 1 atom stereocenters. The number of nitrogens with zero attached hydrogens (tertiary/aromatic N) is 2. The number of rotatable bonds is 4. The molecule has 0 radical (unpaired) electrons. The van der Waals surface area contributed by atoms with Gasteiger partial charge < -0.3 is 9.64 Å². The summed E-state index contributed by atoms with van der Waals surface area (Å²) < 4.78 is 6.48. The number of hydrogen-bond acceptors (Lipinski definition) is 2. The third-order valence-corrected chi connectivity index (χ3v) is 6.00. The molecule has 0 saturated carbocycles. The molecule has 1 heterocycles. The minimum Gasteiger partial charge on any atom is -0.497 e. The fourth-order valence-corrected chi connectivity index (χ4v) is 4.18. The zero-order valence-electron chi connectivity index (χ0n) is 15.1. The second-order valence-corrected chi connectivity index (χ2v) is 8.55. The summed E-state index contributed by atoms with van der Waals surface area (Å²) >= 11 is 14.9. The summed E-state index contributed by atoms with van der Waals surface area (Å²) in [4.78, 5) is 7.08. The molecule has 1 aliphatic rings. The maximum absolute atomic E-state index is 6.49. The van der Waals surface area contributed by atoms with Crippen LogP contribution in [0.2, 0.25) is 10.0 Å². The van der Waals surface area contributed by atoms with Gasteiger partial charge in [-0.05, 0) is 88.8 Å². The van der Waals surface area contributed by atoms with Crippen LogP contribution in [0.3, 0.4) is 0 Å². The molecule has 1 saturated heterocycles. The fraction of sp³-hybridized carbons (Fsp3) is 0.136. The lowest BCUT2D eigenvalue weighted by atomic mass is 9.92. The van der Waals surface area contributed by atoms with Crippen molar-refractivity contribution in [2.45, 2.75) is 12.5 Å². The van der Waals surface area contributed by atoms with Crippen molar-refractivity contribution in [3.63, 3.8) is 0 Å². The highest BCUT2D eigenvalue weighted by Gasteiger charge is 2.37. The minimum absolute atomic E-state index is 0.112. The SMILES string of the molecule is COc1ccc(N2C(=Nc3ccc(I)cc3)CC2c2ccc(Cl)cc2Cl)cc1. The molecule has 3 aromatic rings. The number of methoxy groups -OCH3 is 1. The van der Waals surface area contributed by atoms with Crippen LogP contribution in [0.1, 0.15) is 18.0 Å². The molecule has 0 aromatic heterocycles. The van der Waals surface area contributed by atoms with Crippen molar-refractivity contribution in [3.05, 3.63) is 85.9 Å². The predicted molar refractivity (Wildman–Crippen MR) is 126 cm³/mol. The van der Waals surface area contributed by atoms with Gasteiger partial charge in [0, 0.05) is 25.7 Å². The van der Waals surface area contributed by atoms with Crippen molar-refractivity contribution >= 4 is 63.0 Å². The maximum Gasteiger partial charge on any atom is 0.119 e. The highest BCUT2D eigenvalue weighted by molar-refractivity contribution is 14.1. The summed E-state index contributed by atoms with van der Waals surface area (Å²) in [5, 5.41) is 1.31. The second-order valence-electron chi connectivity index (χ2n) is 6.46. The fourth-order valence-electron chi connectivity index (χ4n) is 3.29. The quantitative estimate of drug-likeness (QED) is 0.336. The number of anilines is 1. The Labute approximate surface area is 188 Å². The van der Waals surface area contributed by atoms with Crippen LogP contribution >= 0.6 is 45.8 Å². The number of halogens is 3. The zero-order chi connectivity index (χ0) is 19.7. The monoisotopic (exact) mass is 522 g/mol. The third kappa shape index (κ3) is 4.00. The van der Waals surface area contributed by atoms with Crippen molar-refractivity contribution < 1.29 is 4.74 Å². The Balaban J connectivity index is 1.72. The lowest BCUT2D eigenvalue weighted by Gasteiger charge is -2.44. The van der Waals surface area contributed by atoms with Crippen molar-refractivity contribution in [2.75, 3.05) is 12.0 Å². The van der Waals surface area contributed by atoms with Crippen LogP contribution in [0.15, 0.2) is 71.7 Å². The van der Waals surface area contributed by atoms with Gasteiger partial charge in [0.2, 0.25) is 0 Å². The minimum atomic E-state index is 0.112. The molecule has 0 bridgehead atoms. The van der Waals surface area contributed by atoms with E-state index in [2.05, 4.69) is 39.6 Å². The van der Waals surface area contributed by atoms with Gasteiger partial charge in [-0.1, -0.05) is 29.3 Å². The molecule has 0 N–H and O–H groups in total. The largest absolute Gasteiger partial charge is 0.497 e. The molecule has 1 fully saturated rings. The van der Waals surface area contributed by atoms with Crippen LogP contribution in [0.5, 0.6) is 5.75 Å². The molecule has 0 aliphatic carbocycles. The highest BCUT2D eigenvalue weighted by atomic mass is 127. The number of ether oxygens (including phenoxy) is 1. The van der Waals surface area contributed by atoms with Gasteiger partial charge in [0.15, 0.2) is 0 Å². The molecule has 142 valence electrons. The van der Waals surface area contributed by atoms with E-state index < -0.39 is 0 Å². The average molecular weight is 523 g/mol. The normalized spacial score (nSPS) is 17.5. The summed E-state index contributed by atoms with van der Waals surface area (Å²) in [7, 11) is 1.67. The molecule has 3 nitrogen and oxygen atoms in total. The Morgan fingerprint density at radius 1 is 1.00 bits per heavy atom. The number of benzene rings is 3. The summed E-state index contributed by atoms with van der Waals surface area (Å²) in [6.45, 7) is 0. The van der Waals surface area contributed by atoms with Gasteiger partial charge in [-0.2, -0.15) is 0 Å². The van der Waals surface area contributed by atoms with Crippen molar-refractivity contribution in [3.8, 4) is 5.75 Å². The Kier molecular flexibility index (Phi) is 5.80. The molecule has 0 amide bonds. The maximum atomic E-state index is 6.49. The van der Waals surface area contributed by atoms with E-state index in [0.29, 0.717) is 10.0 Å². The Hall–Kier alpha value is -1.76. The lowest BCUT2D eigenvalue weighted by molar-refractivity contribution is 0.415. The smallest absolute Gasteiger partial charge is 0.119 e. The van der Waals surface area contributed by atoms with E-state index in [-0.39, 0.29) is 6.04 Å². The van der Waals surface area contributed by atoms with Crippen LogP contribution < -0.4 is 9.64 Å². The van der Waals surface area contributed by atoms with Crippen molar-refractivity contribution in [1.29, 1.82) is 0 Å². The third-order valence-electron chi connectivity index (χ3n) is 4.72. The van der Waals surface area contributed by atoms with E-state index in [9.17, 15) is 0 Å². The van der Waals surface area contributed by atoms with Gasteiger partial charge in [0.25, 0.3) is 0 Å². The summed E-state index contributed by atoms with van der Waals surface area (Å²) in [5.41, 5.74) is 3.03. The molecule has 3 aromatic carbocycles. The summed E-state index contributed by atoms with van der Waals surface area (Å²) in [6, 6.07) is 21.9. The predicted octanol–water partition coefficient (Wildman–Crippen LogP) is 7.29.